The molecule has 3 rings (SSSR count). The second kappa shape index (κ2) is 6.56. The lowest BCUT2D eigenvalue weighted by Gasteiger charge is -2.35. The number of ether oxygens (including phenoxy) is 1. The first-order valence-corrected chi connectivity index (χ1v) is 8.83. The van der Waals surface area contributed by atoms with Gasteiger partial charge in [0.2, 0.25) is 0 Å². The van der Waals surface area contributed by atoms with Gasteiger partial charge in [-0.25, -0.2) is 0 Å². The van der Waals surface area contributed by atoms with Gasteiger partial charge in [0.15, 0.2) is 0 Å². The van der Waals surface area contributed by atoms with Crippen LogP contribution in [0.3, 0.4) is 0 Å². The van der Waals surface area contributed by atoms with Crippen molar-refractivity contribution in [1.29, 1.82) is 0 Å². The molecule has 1 aromatic heterocycles. The first kappa shape index (κ1) is 14.5. The summed E-state index contributed by atoms with van der Waals surface area (Å²) in [6.45, 7) is 9.99. The average Bonchev–Trinajstić information content (AvgIpc) is 3.10. The van der Waals surface area contributed by atoms with E-state index in [1.807, 2.05) is 11.3 Å². The monoisotopic (exact) mass is 294 g/mol. The molecule has 3 nitrogen and oxygen atoms in total. The Bertz CT molecular complexity index is 405. The molecule has 2 saturated heterocycles. The molecule has 0 aliphatic carbocycles. The average molecular weight is 294 g/mol. The van der Waals surface area contributed by atoms with E-state index in [4.69, 9.17) is 4.74 Å². The Morgan fingerprint density at radius 3 is 2.95 bits per heavy atom. The van der Waals surface area contributed by atoms with Crippen molar-refractivity contribution in [3.63, 3.8) is 0 Å². The van der Waals surface area contributed by atoms with Crippen LogP contribution in [0.15, 0.2) is 17.5 Å². The van der Waals surface area contributed by atoms with Gasteiger partial charge in [-0.2, -0.15) is 0 Å². The fourth-order valence-electron chi connectivity index (χ4n) is 3.83. The van der Waals surface area contributed by atoms with Crippen molar-refractivity contribution in [3.8, 4) is 0 Å². The maximum atomic E-state index is 6.17. The van der Waals surface area contributed by atoms with Crippen LogP contribution in [0.4, 0.5) is 0 Å². The van der Waals surface area contributed by atoms with Gasteiger partial charge in [-0.1, -0.05) is 19.9 Å². The highest BCUT2D eigenvalue weighted by atomic mass is 32.1. The van der Waals surface area contributed by atoms with Gasteiger partial charge in [0.1, 0.15) is 0 Å². The standard InChI is InChI=1S/C16H26N2OS/c1-3-17(4-2)15-12-18(11-13-7-6-10-20-13)14-8-5-9-19-16(14)15/h6-7,10,14-16H,3-5,8-9,11-12H2,1-2H3/t14-,15-,16+/m1/s1. The first-order valence-electron chi connectivity index (χ1n) is 7.95. The van der Waals surface area contributed by atoms with Gasteiger partial charge in [0.05, 0.1) is 12.1 Å². The van der Waals surface area contributed by atoms with Crippen LogP contribution in [0, 0.1) is 0 Å². The molecule has 4 heteroatoms. The Balaban J connectivity index is 1.74. The van der Waals surface area contributed by atoms with E-state index in [-0.39, 0.29) is 0 Å². The Morgan fingerprint density at radius 2 is 2.25 bits per heavy atom. The number of likely N-dealkylation sites (N-methyl/N-ethyl adjacent to an activating group) is 1. The molecule has 2 fully saturated rings. The Hall–Kier alpha value is -0.420. The van der Waals surface area contributed by atoms with Crippen LogP contribution in [-0.2, 0) is 11.3 Å². The molecule has 0 unspecified atom stereocenters. The quantitative estimate of drug-likeness (QED) is 0.830. The first-order chi connectivity index (χ1) is 9.83. The van der Waals surface area contributed by atoms with E-state index in [0.717, 1.165) is 32.8 Å². The zero-order valence-electron chi connectivity index (χ0n) is 12.6. The molecule has 0 N–H and O–H groups in total. The molecule has 0 bridgehead atoms. The van der Waals surface area contributed by atoms with Gasteiger partial charge < -0.3 is 4.74 Å². The van der Waals surface area contributed by atoms with E-state index < -0.39 is 0 Å². The predicted molar refractivity (Wildman–Crippen MR) is 84.2 cm³/mol. The van der Waals surface area contributed by atoms with Crippen LogP contribution in [0.5, 0.6) is 0 Å². The molecule has 3 atom stereocenters. The van der Waals surface area contributed by atoms with Crippen LogP contribution in [0.2, 0.25) is 0 Å². The molecular weight excluding hydrogens is 268 g/mol. The highest BCUT2D eigenvalue weighted by Crippen LogP contribution is 2.33. The zero-order chi connectivity index (χ0) is 13.9. The molecule has 2 aliphatic heterocycles. The molecule has 0 spiro atoms. The van der Waals surface area contributed by atoms with Gasteiger partial charge >= 0.3 is 0 Å². The molecule has 1 aromatic rings. The number of thiophene rings is 1. The van der Waals surface area contributed by atoms with Crippen molar-refractivity contribution < 1.29 is 4.74 Å². The fourth-order valence-corrected chi connectivity index (χ4v) is 4.55. The van der Waals surface area contributed by atoms with Gasteiger partial charge in [-0.3, -0.25) is 9.80 Å². The van der Waals surface area contributed by atoms with Crippen molar-refractivity contribution in [2.45, 2.75) is 51.4 Å². The van der Waals surface area contributed by atoms with Crippen molar-refractivity contribution in [3.05, 3.63) is 22.4 Å². The molecule has 0 radical (unpaired) electrons. The van der Waals surface area contributed by atoms with E-state index in [2.05, 4.69) is 41.2 Å². The highest BCUT2D eigenvalue weighted by molar-refractivity contribution is 7.09. The van der Waals surface area contributed by atoms with Crippen LogP contribution in [0.1, 0.15) is 31.6 Å². The second-order valence-corrected chi connectivity index (χ2v) is 6.87. The summed E-state index contributed by atoms with van der Waals surface area (Å²) in [7, 11) is 0. The number of hydrogen-bond donors (Lipinski definition) is 0. The van der Waals surface area contributed by atoms with Gasteiger partial charge in [-0.05, 0) is 37.4 Å². The molecular formula is C16H26N2OS. The third-order valence-corrected chi connectivity index (χ3v) is 5.69. The van der Waals surface area contributed by atoms with Crippen molar-refractivity contribution in [1.82, 2.24) is 9.80 Å². The number of nitrogens with zero attached hydrogens (tertiary/aromatic N) is 2. The van der Waals surface area contributed by atoms with E-state index in [9.17, 15) is 0 Å². The summed E-state index contributed by atoms with van der Waals surface area (Å²) < 4.78 is 6.17. The molecule has 112 valence electrons. The van der Waals surface area contributed by atoms with Gasteiger partial charge in [0.25, 0.3) is 0 Å². The summed E-state index contributed by atoms with van der Waals surface area (Å²) in [6, 6.07) is 5.62. The zero-order valence-corrected chi connectivity index (χ0v) is 13.4. The molecule has 2 aliphatic rings. The molecule has 0 saturated carbocycles. The Morgan fingerprint density at radius 1 is 1.40 bits per heavy atom. The molecule has 0 amide bonds. The number of hydrogen-bond acceptors (Lipinski definition) is 4. The maximum Gasteiger partial charge on any atom is 0.0897 e. The van der Waals surface area contributed by atoms with Crippen LogP contribution in [-0.4, -0.2) is 54.2 Å². The third-order valence-electron chi connectivity index (χ3n) is 4.82. The lowest BCUT2D eigenvalue weighted by Crippen LogP contribution is -2.47. The number of fused-ring (bicyclic) bond motifs is 1. The number of likely N-dealkylation sites (tertiary alicyclic amines) is 1. The summed E-state index contributed by atoms with van der Waals surface area (Å²) in [5, 5.41) is 2.18. The van der Waals surface area contributed by atoms with E-state index in [1.165, 1.54) is 17.7 Å². The predicted octanol–water partition coefficient (Wildman–Crippen LogP) is 2.82. The number of rotatable bonds is 5. The third kappa shape index (κ3) is 2.80. The largest absolute Gasteiger partial charge is 0.375 e. The summed E-state index contributed by atoms with van der Waals surface area (Å²) >= 11 is 1.87. The highest BCUT2D eigenvalue weighted by Gasteiger charge is 2.45. The van der Waals surface area contributed by atoms with Gasteiger partial charge in [0, 0.05) is 30.6 Å². The van der Waals surface area contributed by atoms with Crippen LogP contribution < -0.4 is 0 Å². The van der Waals surface area contributed by atoms with Crippen LogP contribution >= 0.6 is 11.3 Å². The normalized spacial score (nSPS) is 30.9. The lowest BCUT2D eigenvalue weighted by atomic mass is 10.00. The summed E-state index contributed by atoms with van der Waals surface area (Å²) in [4.78, 5) is 6.73. The van der Waals surface area contributed by atoms with Gasteiger partial charge in [-0.15, -0.1) is 11.3 Å². The van der Waals surface area contributed by atoms with Crippen molar-refractivity contribution in [2.75, 3.05) is 26.2 Å². The summed E-state index contributed by atoms with van der Waals surface area (Å²) in [5.41, 5.74) is 0. The molecule has 3 heterocycles. The second-order valence-electron chi connectivity index (χ2n) is 5.84. The summed E-state index contributed by atoms with van der Waals surface area (Å²) in [6.07, 6.45) is 2.93. The van der Waals surface area contributed by atoms with Crippen LogP contribution in [0.25, 0.3) is 0 Å². The Labute approximate surface area is 126 Å². The fraction of sp³-hybridized carbons (Fsp3) is 0.750. The lowest BCUT2D eigenvalue weighted by molar-refractivity contribution is -0.0396. The smallest absolute Gasteiger partial charge is 0.0897 e. The minimum Gasteiger partial charge on any atom is -0.375 e. The van der Waals surface area contributed by atoms with Crippen molar-refractivity contribution in [2.24, 2.45) is 0 Å². The van der Waals surface area contributed by atoms with E-state index in [1.54, 1.807) is 0 Å². The van der Waals surface area contributed by atoms with Crippen molar-refractivity contribution >= 4 is 11.3 Å². The SMILES string of the molecule is CCN(CC)[C@@H]1CN(Cc2cccs2)[C@@H]2CCCO[C@H]12. The van der Waals surface area contributed by atoms with E-state index in [0.29, 0.717) is 18.2 Å². The minimum atomic E-state index is 0.420. The molecule has 0 aromatic carbocycles. The Kier molecular flexibility index (Phi) is 4.76. The summed E-state index contributed by atoms with van der Waals surface area (Å²) in [5.74, 6) is 0. The topological polar surface area (TPSA) is 15.7 Å². The maximum absolute atomic E-state index is 6.17. The van der Waals surface area contributed by atoms with E-state index >= 15 is 0 Å². The molecule has 20 heavy (non-hydrogen) atoms. The minimum absolute atomic E-state index is 0.420.